The quantitative estimate of drug-likeness (QED) is 0.353. The molecule has 30 heavy (non-hydrogen) atoms. The Labute approximate surface area is 185 Å². The zero-order chi connectivity index (χ0) is 21.3. The van der Waals surface area contributed by atoms with Crippen LogP contribution in [0.15, 0.2) is 62.9 Å². The van der Waals surface area contributed by atoms with Crippen LogP contribution in [0.5, 0.6) is 5.75 Å². The van der Waals surface area contributed by atoms with Gasteiger partial charge >= 0.3 is 5.56 Å². The van der Waals surface area contributed by atoms with Crippen molar-refractivity contribution in [2.45, 2.75) is 6.92 Å². The minimum Gasteiger partial charge on any atom is -0.497 e. The Morgan fingerprint density at radius 1 is 1.13 bits per heavy atom. The Balaban J connectivity index is 1.65. The van der Waals surface area contributed by atoms with E-state index < -0.39 is 0 Å². The number of aryl methyl sites for hydroxylation is 1. The molecule has 0 aliphatic rings. The van der Waals surface area contributed by atoms with Gasteiger partial charge in [0.05, 0.1) is 23.5 Å². The van der Waals surface area contributed by atoms with E-state index in [1.54, 1.807) is 32.2 Å². The molecule has 10 heteroatoms. The summed E-state index contributed by atoms with van der Waals surface area (Å²) in [7, 11) is 1.62. The molecule has 0 bridgehead atoms. The van der Waals surface area contributed by atoms with E-state index in [1.807, 2.05) is 29.6 Å². The molecule has 0 spiro atoms. The summed E-state index contributed by atoms with van der Waals surface area (Å²) in [5.74, 6) is 0.764. The molecule has 2 aromatic heterocycles. The summed E-state index contributed by atoms with van der Waals surface area (Å²) in [4.78, 5) is 17.4. The average molecular weight is 460 g/mol. The molecule has 0 fully saturated rings. The van der Waals surface area contributed by atoms with Gasteiger partial charge in [-0.05, 0) is 49.4 Å². The normalized spacial score (nSPS) is 11.3. The Morgan fingerprint density at radius 2 is 1.90 bits per heavy atom. The van der Waals surface area contributed by atoms with Crippen molar-refractivity contribution in [2.75, 3.05) is 7.11 Å². The van der Waals surface area contributed by atoms with Crippen LogP contribution in [0.1, 0.15) is 5.69 Å². The first-order chi connectivity index (χ1) is 14.5. The third-order valence-corrected chi connectivity index (χ3v) is 5.66. The summed E-state index contributed by atoms with van der Waals surface area (Å²) in [5, 5.41) is 14.4. The fourth-order valence-electron chi connectivity index (χ4n) is 2.72. The second-order valence-corrected chi connectivity index (χ2v) is 7.95. The number of aromatic nitrogens is 3. The van der Waals surface area contributed by atoms with Crippen LogP contribution in [-0.4, -0.2) is 21.9 Å². The molecule has 0 amide bonds. The molecular weight excluding hydrogens is 445 g/mol. The van der Waals surface area contributed by atoms with Crippen molar-refractivity contribution in [2.24, 2.45) is 10.2 Å². The molecule has 0 aliphatic heterocycles. The summed E-state index contributed by atoms with van der Waals surface area (Å²) in [6, 6.07) is 12.4. The number of rotatable bonds is 5. The molecule has 4 aromatic rings. The molecule has 0 unspecified atom stereocenters. The number of H-pyrrole nitrogens is 1. The van der Waals surface area contributed by atoms with E-state index in [4.69, 9.17) is 27.9 Å². The number of hydrogen-bond donors (Lipinski definition) is 1. The highest BCUT2D eigenvalue weighted by molar-refractivity contribution is 7.12. The Bertz CT molecular complexity index is 1290. The molecule has 0 radical (unpaired) electrons. The third kappa shape index (κ3) is 4.02. The van der Waals surface area contributed by atoms with Crippen LogP contribution in [0.3, 0.4) is 0 Å². The van der Waals surface area contributed by atoms with E-state index >= 15 is 0 Å². The lowest BCUT2D eigenvalue weighted by molar-refractivity contribution is 0.415. The second-order valence-electron chi connectivity index (χ2n) is 6.27. The SMILES string of the molecule is COc1ccc(-c2csc(-n3[nH]c(C)c(N=Nc4cc(Cl)ccc4Cl)c3=O)n2)cc1. The van der Waals surface area contributed by atoms with Gasteiger partial charge in [0.15, 0.2) is 5.69 Å². The number of aromatic amines is 1. The van der Waals surface area contributed by atoms with Crippen LogP contribution < -0.4 is 10.3 Å². The summed E-state index contributed by atoms with van der Waals surface area (Å²) >= 11 is 13.4. The van der Waals surface area contributed by atoms with Crippen LogP contribution in [0, 0.1) is 6.92 Å². The van der Waals surface area contributed by atoms with Crippen LogP contribution in [0.2, 0.25) is 10.0 Å². The topological polar surface area (TPSA) is 84.6 Å². The van der Waals surface area contributed by atoms with E-state index in [9.17, 15) is 4.79 Å². The third-order valence-electron chi connectivity index (χ3n) is 4.28. The van der Waals surface area contributed by atoms with E-state index in [0.717, 1.165) is 17.0 Å². The smallest absolute Gasteiger partial charge is 0.301 e. The van der Waals surface area contributed by atoms with Gasteiger partial charge in [-0.2, -0.15) is 4.68 Å². The Kier molecular flexibility index (Phi) is 5.72. The fraction of sp³-hybridized carbons (Fsp3) is 0.100. The lowest BCUT2D eigenvalue weighted by Crippen LogP contribution is -2.13. The van der Waals surface area contributed by atoms with Crippen molar-refractivity contribution in [3.8, 4) is 22.1 Å². The van der Waals surface area contributed by atoms with Crippen LogP contribution >= 0.6 is 34.5 Å². The molecule has 0 saturated heterocycles. The molecule has 0 atom stereocenters. The number of halogens is 2. The standard InChI is InChI=1S/C20H15Cl2N5O2S/c1-11-18(25-24-16-9-13(21)5-8-15(16)22)19(28)27(26-11)20-23-17(10-30-20)12-3-6-14(29-2)7-4-12/h3-10,26H,1-2H3. The average Bonchev–Trinajstić information content (AvgIpc) is 3.34. The van der Waals surface area contributed by atoms with Gasteiger partial charge in [-0.1, -0.05) is 23.2 Å². The fourth-order valence-corrected chi connectivity index (χ4v) is 3.83. The zero-order valence-corrected chi connectivity index (χ0v) is 18.2. The minimum absolute atomic E-state index is 0.173. The minimum atomic E-state index is -0.356. The molecule has 0 saturated carbocycles. The first kappa shape index (κ1) is 20.3. The van der Waals surface area contributed by atoms with Gasteiger partial charge in [-0.15, -0.1) is 21.6 Å². The number of ether oxygens (including phenoxy) is 1. The first-order valence-corrected chi connectivity index (χ1v) is 10.4. The second kappa shape index (κ2) is 8.43. The molecule has 4 rings (SSSR count). The number of benzene rings is 2. The summed E-state index contributed by atoms with van der Waals surface area (Å²) in [5.41, 5.74) is 2.43. The predicted molar refractivity (Wildman–Crippen MR) is 119 cm³/mol. The highest BCUT2D eigenvalue weighted by Crippen LogP contribution is 2.30. The van der Waals surface area contributed by atoms with Crippen LogP contribution in [-0.2, 0) is 0 Å². The summed E-state index contributed by atoms with van der Waals surface area (Å²) in [6.45, 7) is 1.74. The van der Waals surface area contributed by atoms with E-state index in [0.29, 0.717) is 26.6 Å². The van der Waals surface area contributed by atoms with Gasteiger partial charge in [0.1, 0.15) is 11.4 Å². The number of thiazole rings is 1. The van der Waals surface area contributed by atoms with Crippen molar-refractivity contribution in [1.82, 2.24) is 14.8 Å². The maximum atomic E-state index is 12.9. The molecule has 2 heterocycles. The number of methoxy groups -OCH3 is 1. The van der Waals surface area contributed by atoms with E-state index in [1.165, 1.54) is 16.0 Å². The molecule has 0 aliphatic carbocycles. The molecule has 152 valence electrons. The van der Waals surface area contributed by atoms with E-state index in [2.05, 4.69) is 20.3 Å². The maximum absolute atomic E-state index is 12.9. The number of azo groups is 1. The predicted octanol–water partition coefficient (Wildman–Crippen LogP) is 6.33. The lowest BCUT2D eigenvalue weighted by atomic mass is 10.2. The van der Waals surface area contributed by atoms with Gasteiger partial charge in [0, 0.05) is 16.0 Å². The summed E-state index contributed by atoms with van der Waals surface area (Å²) in [6.07, 6.45) is 0. The van der Waals surface area contributed by atoms with E-state index in [-0.39, 0.29) is 11.2 Å². The number of nitrogens with one attached hydrogen (secondary N) is 1. The first-order valence-electron chi connectivity index (χ1n) is 8.75. The molecular formula is C20H15Cl2N5O2S. The zero-order valence-electron chi connectivity index (χ0n) is 15.9. The van der Waals surface area contributed by atoms with Crippen LogP contribution in [0.4, 0.5) is 11.4 Å². The van der Waals surface area contributed by atoms with Crippen molar-refractivity contribution >= 4 is 45.9 Å². The largest absolute Gasteiger partial charge is 0.497 e. The molecule has 2 aromatic carbocycles. The van der Waals surface area contributed by atoms with Gasteiger partial charge < -0.3 is 4.74 Å². The Hall–Kier alpha value is -2.94. The monoisotopic (exact) mass is 459 g/mol. The van der Waals surface area contributed by atoms with Crippen molar-refractivity contribution in [3.63, 3.8) is 0 Å². The van der Waals surface area contributed by atoms with Crippen molar-refractivity contribution < 1.29 is 4.74 Å². The summed E-state index contributed by atoms with van der Waals surface area (Å²) < 4.78 is 6.53. The maximum Gasteiger partial charge on any atom is 0.301 e. The number of hydrogen-bond acceptors (Lipinski definition) is 6. The van der Waals surface area contributed by atoms with Crippen molar-refractivity contribution in [3.05, 3.63) is 73.9 Å². The van der Waals surface area contributed by atoms with Gasteiger partial charge in [0.25, 0.3) is 0 Å². The van der Waals surface area contributed by atoms with Crippen LogP contribution in [0.25, 0.3) is 16.4 Å². The number of nitrogens with zero attached hydrogens (tertiary/aromatic N) is 4. The van der Waals surface area contributed by atoms with Gasteiger partial charge in [-0.25, -0.2) is 4.98 Å². The lowest BCUT2D eigenvalue weighted by Gasteiger charge is -2.00. The van der Waals surface area contributed by atoms with Gasteiger partial charge in [-0.3, -0.25) is 9.89 Å². The highest BCUT2D eigenvalue weighted by Gasteiger charge is 2.15. The van der Waals surface area contributed by atoms with Gasteiger partial charge in [0.2, 0.25) is 5.13 Å². The Morgan fingerprint density at radius 3 is 2.63 bits per heavy atom. The highest BCUT2D eigenvalue weighted by atomic mass is 35.5. The van der Waals surface area contributed by atoms with Crippen molar-refractivity contribution in [1.29, 1.82) is 0 Å². The molecule has 7 nitrogen and oxygen atoms in total. The molecule has 1 N–H and O–H groups in total.